The third-order valence-electron chi connectivity index (χ3n) is 8.34. The van der Waals surface area contributed by atoms with Crippen LogP contribution in [0.4, 0.5) is 0 Å². The van der Waals surface area contributed by atoms with E-state index in [1.165, 1.54) is 25.1 Å². The summed E-state index contributed by atoms with van der Waals surface area (Å²) in [5.41, 5.74) is 0.749. The molecule has 4 bridgehead atoms. The van der Waals surface area contributed by atoms with Gasteiger partial charge in [0.2, 0.25) is 17.7 Å². The maximum atomic E-state index is 13.8. The minimum Gasteiger partial charge on any atom is -0.507 e. The first-order valence-electron chi connectivity index (χ1n) is 15.3. The normalized spacial score (nSPS) is 21.7. The quantitative estimate of drug-likeness (QED) is 0.329. The van der Waals surface area contributed by atoms with Crippen LogP contribution in [0.25, 0.3) is 0 Å². The van der Waals surface area contributed by atoms with E-state index in [2.05, 4.69) is 21.0 Å². The third kappa shape index (κ3) is 7.81. The number of amides is 4. The number of carbonyl (C=O) groups excluding carboxylic acids is 4. The van der Waals surface area contributed by atoms with Crippen LogP contribution < -0.4 is 20.7 Å². The highest BCUT2D eigenvalue weighted by Crippen LogP contribution is 2.28. The summed E-state index contributed by atoms with van der Waals surface area (Å²) in [6.45, 7) is 6.99. The number of nitrogens with zero attached hydrogens (tertiary/aromatic N) is 3. The van der Waals surface area contributed by atoms with E-state index < -0.39 is 35.8 Å². The van der Waals surface area contributed by atoms with E-state index in [1.807, 2.05) is 29.1 Å². The Morgan fingerprint density at radius 3 is 2.38 bits per heavy atom. The molecule has 3 aliphatic heterocycles. The van der Waals surface area contributed by atoms with Gasteiger partial charge in [-0.15, -0.1) is 0 Å². The van der Waals surface area contributed by atoms with E-state index in [1.54, 1.807) is 37.1 Å². The molecule has 0 unspecified atom stereocenters. The number of piperidine rings is 1. The molecule has 0 spiro atoms. The number of phenolic OH excluding ortho intramolecular Hbond substituents is 1. The van der Waals surface area contributed by atoms with Crippen LogP contribution in [0.5, 0.6) is 17.2 Å². The number of nitrogens with one attached hydrogen (secondary N) is 3. The zero-order chi connectivity index (χ0) is 32.1. The van der Waals surface area contributed by atoms with Crippen molar-refractivity contribution in [2.24, 2.45) is 11.8 Å². The molecule has 4 N–H and O–H groups in total. The number of aromatic nitrogens is 2. The Morgan fingerprint density at radius 2 is 1.71 bits per heavy atom. The van der Waals surface area contributed by atoms with E-state index in [0.717, 1.165) is 24.9 Å². The fourth-order valence-corrected chi connectivity index (χ4v) is 5.67. The van der Waals surface area contributed by atoms with Gasteiger partial charge in [0.1, 0.15) is 35.4 Å². The molecule has 4 amide bonds. The first-order valence-corrected chi connectivity index (χ1v) is 15.3. The first kappa shape index (κ1) is 31.6. The molecule has 4 heterocycles. The SMILES string of the molecule is CC(C)[C@@H]1NC(=O)c2cc(ccc2O)Oc2ccc(cc2)C[C@@H](C(=O)N2CCC(Cn3cccn3)CC2)NC(=O)[C@H](C)NC1=O. The van der Waals surface area contributed by atoms with Crippen molar-refractivity contribution in [1.29, 1.82) is 0 Å². The van der Waals surface area contributed by atoms with Gasteiger partial charge in [-0.25, -0.2) is 0 Å². The summed E-state index contributed by atoms with van der Waals surface area (Å²) in [6, 6.07) is 10.5. The van der Waals surface area contributed by atoms with Gasteiger partial charge in [0.25, 0.3) is 5.91 Å². The average molecular weight is 617 g/mol. The monoisotopic (exact) mass is 616 g/mol. The zero-order valence-corrected chi connectivity index (χ0v) is 25.7. The number of likely N-dealkylation sites (tertiary alicyclic amines) is 1. The summed E-state index contributed by atoms with van der Waals surface area (Å²) < 4.78 is 7.85. The summed E-state index contributed by atoms with van der Waals surface area (Å²) in [6.07, 6.45) is 5.58. The van der Waals surface area contributed by atoms with Crippen molar-refractivity contribution in [3.05, 3.63) is 72.1 Å². The van der Waals surface area contributed by atoms with Crippen LogP contribution in [0.3, 0.4) is 0 Å². The van der Waals surface area contributed by atoms with Crippen LogP contribution in [0.15, 0.2) is 60.9 Å². The second-order valence-corrected chi connectivity index (χ2v) is 12.1. The lowest BCUT2D eigenvalue weighted by molar-refractivity contribution is -0.138. The van der Waals surface area contributed by atoms with Crippen LogP contribution in [-0.4, -0.2) is 74.6 Å². The average Bonchev–Trinajstić information content (AvgIpc) is 3.53. The molecule has 12 heteroatoms. The van der Waals surface area contributed by atoms with Gasteiger partial charge in [-0.3, -0.25) is 23.9 Å². The second kappa shape index (κ2) is 13.8. The highest BCUT2D eigenvalue weighted by molar-refractivity contribution is 6.00. The van der Waals surface area contributed by atoms with Crippen LogP contribution in [0.1, 0.15) is 49.5 Å². The van der Waals surface area contributed by atoms with Gasteiger partial charge < -0.3 is 30.7 Å². The minimum absolute atomic E-state index is 0.0544. The van der Waals surface area contributed by atoms with E-state index >= 15 is 0 Å². The molecule has 238 valence electrons. The number of fused-ring (bicyclic) bond motifs is 11. The number of hydrogen-bond donors (Lipinski definition) is 4. The van der Waals surface area contributed by atoms with Crippen LogP contribution >= 0.6 is 0 Å². The Morgan fingerprint density at radius 1 is 1.00 bits per heavy atom. The third-order valence-corrected chi connectivity index (χ3v) is 8.34. The number of aromatic hydroxyl groups is 1. The van der Waals surface area contributed by atoms with Crippen molar-refractivity contribution in [2.75, 3.05) is 13.1 Å². The van der Waals surface area contributed by atoms with E-state index in [0.29, 0.717) is 30.5 Å². The molecule has 45 heavy (non-hydrogen) atoms. The van der Waals surface area contributed by atoms with E-state index in [4.69, 9.17) is 4.74 Å². The van der Waals surface area contributed by atoms with Crippen molar-refractivity contribution in [3.63, 3.8) is 0 Å². The molecule has 12 nitrogen and oxygen atoms in total. The Bertz CT molecular complexity index is 1510. The summed E-state index contributed by atoms with van der Waals surface area (Å²) in [5.74, 6) is -1.33. The van der Waals surface area contributed by atoms with Crippen molar-refractivity contribution in [2.45, 2.75) is 64.7 Å². The molecule has 2 aromatic carbocycles. The lowest BCUT2D eigenvalue weighted by Gasteiger charge is -2.35. The highest BCUT2D eigenvalue weighted by atomic mass is 16.5. The summed E-state index contributed by atoms with van der Waals surface area (Å²) in [4.78, 5) is 55.5. The molecule has 0 saturated carbocycles. The topological polar surface area (TPSA) is 155 Å². The van der Waals surface area contributed by atoms with Gasteiger partial charge in [-0.05, 0) is 73.6 Å². The Kier molecular flexibility index (Phi) is 9.70. The van der Waals surface area contributed by atoms with Gasteiger partial charge in [0, 0.05) is 38.4 Å². The number of rotatable bonds is 4. The van der Waals surface area contributed by atoms with Crippen LogP contribution in [0.2, 0.25) is 0 Å². The van der Waals surface area contributed by atoms with Crippen molar-refractivity contribution in [1.82, 2.24) is 30.6 Å². The molecule has 3 atom stereocenters. The van der Waals surface area contributed by atoms with Crippen molar-refractivity contribution < 1.29 is 29.0 Å². The maximum absolute atomic E-state index is 13.8. The van der Waals surface area contributed by atoms with Crippen LogP contribution in [0, 0.1) is 11.8 Å². The largest absolute Gasteiger partial charge is 0.507 e. The Balaban J connectivity index is 1.38. The number of hydrogen-bond acceptors (Lipinski definition) is 7. The van der Waals surface area contributed by atoms with Crippen molar-refractivity contribution >= 4 is 23.6 Å². The number of benzene rings is 2. The second-order valence-electron chi connectivity index (χ2n) is 12.1. The van der Waals surface area contributed by atoms with E-state index in [9.17, 15) is 24.3 Å². The molecule has 1 saturated heterocycles. The predicted molar refractivity (Wildman–Crippen MR) is 165 cm³/mol. The van der Waals surface area contributed by atoms with Gasteiger partial charge in [0.05, 0.1) is 5.56 Å². The molecule has 1 aromatic heterocycles. The molecule has 3 aliphatic rings. The zero-order valence-electron chi connectivity index (χ0n) is 25.7. The highest BCUT2D eigenvalue weighted by Gasteiger charge is 2.33. The van der Waals surface area contributed by atoms with Gasteiger partial charge >= 0.3 is 0 Å². The molecule has 0 aliphatic carbocycles. The summed E-state index contributed by atoms with van der Waals surface area (Å²) in [5, 5.41) is 22.9. The van der Waals surface area contributed by atoms with E-state index in [-0.39, 0.29) is 29.6 Å². The number of carbonyl (C=O) groups is 4. The summed E-state index contributed by atoms with van der Waals surface area (Å²) >= 11 is 0. The molecule has 0 radical (unpaired) electrons. The fourth-order valence-electron chi connectivity index (χ4n) is 5.67. The van der Waals surface area contributed by atoms with Crippen molar-refractivity contribution in [3.8, 4) is 17.2 Å². The molecular formula is C33H40N6O6. The smallest absolute Gasteiger partial charge is 0.255 e. The predicted octanol–water partition coefficient (Wildman–Crippen LogP) is 2.62. The molecule has 6 rings (SSSR count). The number of ether oxygens (including phenoxy) is 1. The molecule has 3 aromatic rings. The standard InChI is InChI=1S/C33H40N6O6/c1-20(2)29-32(43)35-21(3)30(41)36-27(33(44)38-15-11-23(12-16-38)19-39-14-4-13-34-39)17-22-5-7-24(8-6-22)45-25-9-10-28(40)26(18-25)31(42)37-29/h4-10,13-14,18,20-21,23,27,29,40H,11-12,15-17,19H2,1-3H3,(H,35,43)(H,36,41)(H,37,42)/t21-,27-,29-/m0/s1. The molecule has 1 fully saturated rings. The lowest BCUT2D eigenvalue weighted by Crippen LogP contribution is -2.58. The van der Waals surface area contributed by atoms with Gasteiger partial charge in [0.15, 0.2) is 0 Å². The Labute approximate surface area is 262 Å². The summed E-state index contributed by atoms with van der Waals surface area (Å²) in [7, 11) is 0. The minimum atomic E-state index is -0.997. The van der Waals surface area contributed by atoms with Crippen LogP contribution in [-0.2, 0) is 27.3 Å². The fraction of sp³-hybridized carbons (Fsp3) is 0.424. The first-order chi connectivity index (χ1) is 21.6. The molecular weight excluding hydrogens is 576 g/mol. The van der Waals surface area contributed by atoms with Gasteiger partial charge in [-0.1, -0.05) is 26.0 Å². The number of phenols is 1. The van der Waals surface area contributed by atoms with Gasteiger partial charge in [-0.2, -0.15) is 5.10 Å². The Hall–Kier alpha value is -4.87. The lowest BCUT2D eigenvalue weighted by atomic mass is 9.95. The maximum Gasteiger partial charge on any atom is 0.255 e.